The summed E-state index contributed by atoms with van der Waals surface area (Å²) in [4.78, 5) is 35.5. The summed E-state index contributed by atoms with van der Waals surface area (Å²) < 4.78 is 11.2. The van der Waals surface area contributed by atoms with Crippen LogP contribution in [0.2, 0.25) is 0 Å². The number of oxazole rings is 1. The molecule has 0 saturated carbocycles. The molecule has 1 amide bonds. The van der Waals surface area contributed by atoms with E-state index >= 15 is 0 Å². The first-order valence-electron chi connectivity index (χ1n) is 10.5. The highest BCUT2D eigenvalue weighted by Crippen LogP contribution is 2.35. The average Bonchev–Trinajstić information content (AvgIpc) is 3.42. The molecule has 1 unspecified atom stereocenters. The highest BCUT2D eigenvalue weighted by molar-refractivity contribution is 6.01. The Bertz CT molecular complexity index is 1450. The van der Waals surface area contributed by atoms with Crippen LogP contribution < -0.4 is 5.32 Å². The summed E-state index contributed by atoms with van der Waals surface area (Å²) in [6, 6.07) is 9.01. The summed E-state index contributed by atoms with van der Waals surface area (Å²) in [7, 11) is 1.41. The first-order valence-corrected chi connectivity index (χ1v) is 10.5. The Morgan fingerprint density at radius 2 is 1.76 bits per heavy atom. The van der Waals surface area contributed by atoms with E-state index in [2.05, 4.69) is 30.2 Å². The second kappa shape index (κ2) is 8.80. The summed E-state index contributed by atoms with van der Waals surface area (Å²) in [5.74, 6) is -0.456. The van der Waals surface area contributed by atoms with Crippen LogP contribution in [0.25, 0.3) is 22.0 Å². The van der Waals surface area contributed by atoms with Crippen molar-refractivity contribution >= 4 is 22.5 Å². The molecule has 0 aliphatic rings. The highest BCUT2D eigenvalue weighted by atomic mass is 16.5. The van der Waals surface area contributed by atoms with Crippen LogP contribution in [-0.2, 0) is 15.1 Å². The number of carbonyl (C=O) groups excluding carboxylic acids is 1. The van der Waals surface area contributed by atoms with Gasteiger partial charge in [0.1, 0.15) is 6.26 Å². The van der Waals surface area contributed by atoms with Gasteiger partial charge in [-0.25, -0.2) is 4.98 Å². The number of aromatic nitrogens is 5. The lowest BCUT2D eigenvalue weighted by Gasteiger charge is -2.27. The molecule has 5 heterocycles. The second-order valence-corrected chi connectivity index (χ2v) is 7.51. The number of carbonyl (C=O) groups is 1. The number of rotatable bonds is 6. The molecular weight excluding hydrogens is 432 g/mol. The van der Waals surface area contributed by atoms with E-state index in [1.54, 1.807) is 55.4 Å². The van der Waals surface area contributed by atoms with E-state index in [0.717, 1.165) is 27.6 Å². The Morgan fingerprint density at radius 3 is 2.53 bits per heavy atom. The van der Waals surface area contributed by atoms with Crippen LogP contribution in [0, 0.1) is 6.92 Å². The predicted octanol–water partition coefficient (Wildman–Crippen LogP) is 3.91. The third-order valence-corrected chi connectivity index (χ3v) is 5.65. The first kappa shape index (κ1) is 21.4. The second-order valence-electron chi connectivity index (χ2n) is 7.51. The molecule has 0 bridgehead atoms. The Labute approximate surface area is 194 Å². The molecule has 0 aliphatic carbocycles. The van der Waals surface area contributed by atoms with Crippen molar-refractivity contribution in [3.8, 4) is 11.1 Å². The maximum absolute atomic E-state index is 13.7. The number of nitrogens with one attached hydrogen (secondary N) is 1. The van der Waals surface area contributed by atoms with Crippen LogP contribution in [0.1, 0.15) is 17.1 Å². The highest BCUT2D eigenvalue weighted by Gasteiger charge is 2.48. The van der Waals surface area contributed by atoms with Gasteiger partial charge < -0.3 is 14.5 Å². The standard InChI is InChI=1S/C25H20N6O3/c1-16-18(19-14-26-12-17-6-5-9-29-22(17)19)13-27-15-20(16)31-23(32)25(33-2,24-30-10-11-34-24)21-7-3-4-8-28-21/h3-15H,1-2H3,(H,31,32). The molecule has 0 aliphatic heterocycles. The third kappa shape index (κ3) is 3.48. The number of hydrogen-bond acceptors (Lipinski definition) is 8. The summed E-state index contributed by atoms with van der Waals surface area (Å²) in [5, 5.41) is 3.85. The van der Waals surface area contributed by atoms with Gasteiger partial charge in [-0.05, 0) is 36.8 Å². The summed E-state index contributed by atoms with van der Waals surface area (Å²) in [5.41, 5.74) is 2.34. The normalized spacial score (nSPS) is 12.9. The van der Waals surface area contributed by atoms with Crippen LogP contribution in [0.5, 0.6) is 0 Å². The molecule has 0 spiro atoms. The monoisotopic (exact) mass is 452 g/mol. The zero-order valence-electron chi connectivity index (χ0n) is 18.5. The van der Waals surface area contributed by atoms with Gasteiger partial charge in [0.2, 0.25) is 5.89 Å². The molecular formula is C25H20N6O3. The topological polar surface area (TPSA) is 116 Å². The Balaban J connectivity index is 1.59. The van der Waals surface area contributed by atoms with E-state index in [4.69, 9.17) is 9.15 Å². The van der Waals surface area contributed by atoms with Crippen molar-refractivity contribution in [3.63, 3.8) is 0 Å². The molecule has 0 aromatic carbocycles. The number of anilines is 1. The molecule has 9 heteroatoms. The number of nitrogens with zero attached hydrogens (tertiary/aromatic N) is 5. The van der Waals surface area contributed by atoms with Gasteiger partial charge in [0.25, 0.3) is 11.5 Å². The fraction of sp³-hybridized carbons (Fsp3) is 0.120. The Morgan fingerprint density at radius 1 is 0.941 bits per heavy atom. The predicted molar refractivity (Wildman–Crippen MR) is 125 cm³/mol. The van der Waals surface area contributed by atoms with Crippen molar-refractivity contribution in [2.75, 3.05) is 12.4 Å². The van der Waals surface area contributed by atoms with E-state index in [-0.39, 0.29) is 5.89 Å². The fourth-order valence-electron chi connectivity index (χ4n) is 3.91. The minimum atomic E-state index is -1.70. The van der Waals surface area contributed by atoms with Gasteiger partial charge in [-0.1, -0.05) is 6.07 Å². The zero-order chi connectivity index (χ0) is 23.5. The lowest BCUT2D eigenvalue weighted by atomic mass is 9.96. The molecule has 5 aromatic heterocycles. The number of ether oxygens (including phenoxy) is 1. The minimum absolute atomic E-state index is 0.0652. The van der Waals surface area contributed by atoms with Crippen LogP contribution >= 0.6 is 0 Å². The molecule has 1 atom stereocenters. The van der Waals surface area contributed by atoms with Crippen molar-refractivity contribution in [3.05, 3.63) is 97.1 Å². The van der Waals surface area contributed by atoms with Crippen LogP contribution in [-0.4, -0.2) is 37.9 Å². The number of pyridine rings is 4. The Kier molecular flexibility index (Phi) is 5.52. The van der Waals surface area contributed by atoms with Gasteiger partial charge in [0.15, 0.2) is 0 Å². The maximum atomic E-state index is 13.7. The van der Waals surface area contributed by atoms with Crippen molar-refractivity contribution < 1.29 is 13.9 Å². The first-order chi connectivity index (χ1) is 16.6. The number of hydrogen-bond donors (Lipinski definition) is 1. The molecule has 34 heavy (non-hydrogen) atoms. The van der Waals surface area contributed by atoms with Crippen molar-refractivity contribution in [2.45, 2.75) is 12.5 Å². The van der Waals surface area contributed by atoms with Gasteiger partial charge >= 0.3 is 0 Å². The van der Waals surface area contributed by atoms with Crippen molar-refractivity contribution in [1.29, 1.82) is 0 Å². The van der Waals surface area contributed by atoms with Gasteiger partial charge in [-0.3, -0.25) is 24.7 Å². The SMILES string of the molecule is COC(C(=O)Nc1cncc(-c2cncc3cccnc23)c1C)(c1ccccn1)c1ncco1. The van der Waals surface area contributed by atoms with Crippen LogP contribution in [0.4, 0.5) is 5.69 Å². The molecule has 5 aromatic rings. The molecule has 9 nitrogen and oxygen atoms in total. The quantitative estimate of drug-likeness (QED) is 0.412. The number of fused-ring (bicyclic) bond motifs is 1. The molecule has 1 N–H and O–H groups in total. The zero-order valence-corrected chi connectivity index (χ0v) is 18.5. The molecule has 0 saturated heterocycles. The molecule has 5 rings (SSSR count). The van der Waals surface area contributed by atoms with Gasteiger partial charge in [-0.2, -0.15) is 0 Å². The molecule has 0 fully saturated rings. The van der Waals surface area contributed by atoms with E-state index in [1.165, 1.54) is 19.6 Å². The number of methoxy groups -OCH3 is 1. The fourth-order valence-corrected chi connectivity index (χ4v) is 3.91. The lowest BCUT2D eigenvalue weighted by molar-refractivity contribution is -0.136. The number of amides is 1. The van der Waals surface area contributed by atoms with Gasteiger partial charge in [0, 0.05) is 54.6 Å². The summed E-state index contributed by atoms with van der Waals surface area (Å²) in [6.07, 6.45) is 13.0. The van der Waals surface area contributed by atoms with Crippen molar-refractivity contribution in [2.24, 2.45) is 0 Å². The Hall–Kier alpha value is -4.50. The summed E-state index contributed by atoms with van der Waals surface area (Å²) in [6.45, 7) is 1.90. The average molecular weight is 452 g/mol. The van der Waals surface area contributed by atoms with Crippen molar-refractivity contribution in [1.82, 2.24) is 24.9 Å². The van der Waals surface area contributed by atoms with E-state index in [9.17, 15) is 4.79 Å². The van der Waals surface area contributed by atoms with Gasteiger partial charge in [0.05, 0.1) is 29.3 Å². The summed E-state index contributed by atoms with van der Waals surface area (Å²) >= 11 is 0. The van der Waals surface area contributed by atoms with Crippen LogP contribution in [0.3, 0.4) is 0 Å². The van der Waals surface area contributed by atoms with E-state index in [0.29, 0.717) is 11.4 Å². The lowest BCUT2D eigenvalue weighted by Crippen LogP contribution is -2.44. The van der Waals surface area contributed by atoms with E-state index < -0.39 is 11.5 Å². The maximum Gasteiger partial charge on any atom is 0.272 e. The molecule has 168 valence electrons. The minimum Gasteiger partial charge on any atom is -0.445 e. The smallest absolute Gasteiger partial charge is 0.272 e. The van der Waals surface area contributed by atoms with Crippen LogP contribution in [0.15, 0.2) is 84.4 Å². The van der Waals surface area contributed by atoms with E-state index in [1.807, 2.05) is 19.1 Å². The molecule has 0 radical (unpaired) electrons. The third-order valence-electron chi connectivity index (χ3n) is 5.65. The van der Waals surface area contributed by atoms with Gasteiger partial charge in [-0.15, -0.1) is 0 Å². The largest absolute Gasteiger partial charge is 0.445 e.